The molecule has 0 spiro atoms. The Hall–Kier alpha value is -2.31. The van der Waals surface area contributed by atoms with Crippen LogP contribution in [0.15, 0.2) is 24.5 Å². The highest BCUT2D eigenvalue weighted by Crippen LogP contribution is 2.25. The van der Waals surface area contributed by atoms with Crippen LogP contribution in [-0.4, -0.2) is 51.3 Å². The number of rotatable bonds is 3. The van der Waals surface area contributed by atoms with Crippen LogP contribution >= 0.6 is 0 Å². The summed E-state index contributed by atoms with van der Waals surface area (Å²) >= 11 is 0. The van der Waals surface area contributed by atoms with Crippen LogP contribution in [0.1, 0.15) is 27.2 Å². The lowest BCUT2D eigenvalue weighted by Gasteiger charge is -2.26. The zero-order valence-electron chi connectivity index (χ0n) is 12.9. The zero-order valence-corrected chi connectivity index (χ0v) is 12.9. The fraction of sp³-hybridized carbons (Fsp3) is 0.533. The number of likely N-dealkylation sites (tertiary alicyclic amines) is 1. The number of hydrogen-bond donors (Lipinski definition) is 1. The summed E-state index contributed by atoms with van der Waals surface area (Å²) in [5.41, 5.74) is -0.676. The van der Waals surface area contributed by atoms with Gasteiger partial charge in [-0.2, -0.15) is 0 Å². The SMILES string of the molecule is CC(C)(C)OC(=O)N1C[C@H](Oc2ccncc2)C[C@H]1C(=O)O. The summed E-state index contributed by atoms with van der Waals surface area (Å²) in [6.45, 7) is 5.39. The van der Waals surface area contributed by atoms with Gasteiger partial charge < -0.3 is 14.6 Å². The normalized spacial score (nSPS) is 21.5. The molecule has 0 aromatic carbocycles. The molecule has 2 heterocycles. The third-order valence-electron chi connectivity index (χ3n) is 3.13. The Morgan fingerprint density at radius 2 is 1.95 bits per heavy atom. The van der Waals surface area contributed by atoms with Crippen LogP contribution in [0.5, 0.6) is 5.75 Å². The molecule has 2 rings (SSSR count). The number of nitrogens with zero attached hydrogens (tertiary/aromatic N) is 2. The van der Waals surface area contributed by atoms with Crippen molar-refractivity contribution >= 4 is 12.1 Å². The summed E-state index contributed by atoms with van der Waals surface area (Å²) in [7, 11) is 0. The Morgan fingerprint density at radius 3 is 2.50 bits per heavy atom. The van der Waals surface area contributed by atoms with Gasteiger partial charge in [-0.05, 0) is 32.9 Å². The number of carbonyl (C=O) groups excluding carboxylic acids is 1. The fourth-order valence-corrected chi connectivity index (χ4v) is 2.25. The third-order valence-corrected chi connectivity index (χ3v) is 3.13. The molecule has 2 atom stereocenters. The molecule has 1 aromatic rings. The van der Waals surface area contributed by atoms with Gasteiger partial charge >= 0.3 is 12.1 Å². The van der Waals surface area contributed by atoms with Crippen molar-refractivity contribution in [2.24, 2.45) is 0 Å². The summed E-state index contributed by atoms with van der Waals surface area (Å²) in [5.74, 6) is -0.470. The summed E-state index contributed by atoms with van der Waals surface area (Å²) in [6, 6.07) is 2.43. The Balaban J connectivity index is 2.06. The van der Waals surface area contributed by atoms with Gasteiger partial charge in [-0.1, -0.05) is 0 Å². The smallest absolute Gasteiger partial charge is 0.411 e. The molecule has 1 amide bonds. The van der Waals surface area contributed by atoms with Crippen molar-refractivity contribution in [1.29, 1.82) is 0 Å². The van der Waals surface area contributed by atoms with Gasteiger partial charge in [0.25, 0.3) is 0 Å². The number of carbonyl (C=O) groups is 2. The first-order valence-electron chi connectivity index (χ1n) is 7.05. The first-order valence-corrected chi connectivity index (χ1v) is 7.05. The number of hydrogen-bond acceptors (Lipinski definition) is 5. The van der Waals surface area contributed by atoms with Gasteiger partial charge in [0.15, 0.2) is 0 Å². The van der Waals surface area contributed by atoms with E-state index in [1.165, 1.54) is 4.90 Å². The van der Waals surface area contributed by atoms with Crippen molar-refractivity contribution in [3.8, 4) is 5.75 Å². The average Bonchev–Trinajstić information content (AvgIpc) is 2.82. The third kappa shape index (κ3) is 4.09. The molecule has 1 aliphatic heterocycles. The Bertz CT molecular complexity index is 541. The second-order valence-corrected chi connectivity index (χ2v) is 6.15. The van der Waals surface area contributed by atoms with E-state index in [-0.39, 0.29) is 13.0 Å². The van der Waals surface area contributed by atoms with E-state index in [2.05, 4.69) is 4.98 Å². The molecular formula is C15H20N2O5. The molecule has 0 bridgehead atoms. The summed E-state index contributed by atoms with van der Waals surface area (Å²) in [5, 5.41) is 9.30. The van der Waals surface area contributed by atoms with Crippen molar-refractivity contribution < 1.29 is 24.2 Å². The van der Waals surface area contributed by atoms with Crippen molar-refractivity contribution in [2.45, 2.75) is 44.9 Å². The zero-order chi connectivity index (χ0) is 16.3. The van der Waals surface area contributed by atoms with Crippen LogP contribution in [0.3, 0.4) is 0 Å². The minimum atomic E-state index is -1.06. The van der Waals surface area contributed by atoms with Crippen LogP contribution in [0.25, 0.3) is 0 Å². The van der Waals surface area contributed by atoms with Crippen molar-refractivity contribution in [1.82, 2.24) is 9.88 Å². The molecule has 1 aromatic heterocycles. The van der Waals surface area contributed by atoms with E-state index >= 15 is 0 Å². The number of pyridine rings is 1. The standard InChI is InChI=1S/C15H20N2O5/c1-15(2,3)22-14(20)17-9-11(8-12(17)13(18)19)21-10-4-6-16-7-5-10/h4-7,11-12H,8-9H2,1-3H3,(H,18,19)/t11-,12+/m1/s1. The minimum Gasteiger partial charge on any atom is -0.488 e. The lowest BCUT2D eigenvalue weighted by molar-refractivity contribution is -0.142. The van der Waals surface area contributed by atoms with Crippen LogP contribution in [0, 0.1) is 0 Å². The lowest BCUT2D eigenvalue weighted by atomic mass is 10.2. The molecule has 0 saturated carbocycles. The molecule has 1 saturated heterocycles. The molecule has 1 N–H and O–H groups in total. The molecule has 1 aliphatic rings. The molecule has 7 heteroatoms. The predicted octanol–water partition coefficient (Wildman–Crippen LogP) is 1.92. The maximum atomic E-state index is 12.1. The molecule has 0 unspecified atom stereocenters. The maximum Gasteiger partial charge on any atom is 0.411 e. The topological polar surface area (TPSA) is 89.0 Å². The number of carboxylic acid groups (broad SMARTS) is 1. The molecule has 7 nitrogen and oxygen atoms in total. The van der Waals surface area contributed by atoms with Gasteiger partial charge in [0, 0.05) is 18.8 Å². The molecule has 0 radical (unpaired) electrons. The van der Waals surface area contributed by atoms with E-state index in [1.54, 1.807) is 45.3 Å². The Morgan fingerprint density at radius 1 is 1.32 bits per heavy atom. The fourth-order valence-electron chi connectivity index (χ4n) is 2.25. The number of aliphatic carboxylic acids is 1. The van der Waals surface area contributed by atoms with Crippen molar-refractivity contribution in [3.63, 3.8) is 0 Å². The summed E-state index contributed by atoms with van der Waals surface area (Å²) < 4.78 is 11.0. The molecular weight excluding hydrogens is 288 g/mol. The highest BCUT2D eigenvalue weighted by molar-refractivity contribution is 5.81. The van der Waals surface area contributed by atoms with Gasteiger partial charge in [0.05, 0.1) is 6.54 Å². The van der Waals surface area contributed by atoms with Crippen LogP contribution in [0.4, 0.5) is 4.79 Å². The molecule has 22 heavy (non-hydrogen) atoms. The summed E-state index contributed by atoms with van der Waals surface area (Å²) in [6.07, 6.45) is 2.36. The van der Waals surface area contributed by atoms with Crippen molar-refractivity contribution in [2.75, 3.05) is 6.54 Å². The minimum absolute atomic E-state index is 0.175. The van der Waals surface area contributed by atoms with Gasteiger partial charge in [-0.15, -0.1) is 0 Å². The number of ether oxygens (including phenoxy) is 2. The molecule has 0 aliphatic carbocycles. The molecule has 120 valence electrons. The van der Waals surface area contributed by atoms with Gasteiger partial charge in [-0.25, -0.2) is 9.59 Å². The first-order chi connectivity index (χ1) is 10.3. The van der Waals surface area contributed by atoms with E-state index < -0.39 is 29.8 Å². The summed E-state index contributed by atoms with van der Waals surface area (Å²) in [4.78, 5) is 28.6. The van der Waals surface area contributed by atoms with Gasteiger partial charge in [-0.3, -0.25) is 9.88 Å². The lowest BCUT2D eigenvalue weighted by Crippen LogP contribution is -2.43. The monoisotopic (exact) mass is 308 g/mol. The van der Waals surface area contributed by atoms with Crippen LogP contribution in [0.2, 0.25) is 0 Å². The van der Waals surface area contributed by atoms with E-state index in [0.717, 1.165) is 0 Å². The van der Waals surface area contributed by atoms with Gasteiger partial charge in [0.2, 0.25) is 0 Å². The number of amides is 1. The highest BCUT2D eigenvalue weighted by atomic mass is 16.6. The van der Waals surface area contributed by atoms with Gasteiger partial charge in [0.1, 0.15) is 23.5 Å². The highest BCUT2D eigenvalue weighted by Gasteiger charge is 2.42. The average molecular weight is 308 g/mol. The largest absolute Gasteiger partial charge is 0.488 e. The maximum absolute atomic E-state index is 12.1. The second-order valence-electron chi connectivity index (χ2n) is 6.15. The van der Waals surface area contributed by atoms with Crippen molar-refractivity contribution in [3.05, 3.63) is 24.5 Å². The first kappa shape index (κ1) is 16.1. The van der Waals surface area contributed by atoms with E-state index in [1.807, 2.05) is 0 Å². The predicted molar refractivity (Wildman–Crippen MR) is 77.6 cm³/mol. The quantitative estimate of drug-likeness (QED) is 0.917. The van der Waals surface area contributed by atoms with E-state index in [0.29, 0.717) is 5.75 Å². The number of aromatic nitrogens is 1. The Kier molecular flexibility index (Phi) is 4.54. The second kappa shape index (κ2) is 6.21. The van der Waals surface area contributed by atoms with Crippen LogP contribution < -0.4 is 4.74 Å². The van der Waals surface area contributed by atoms with E-state index in [4.69, 9.17) is 9.47 Å². The number of carboxylic acids is 1. The van der Waals surface area contributed by atoms with Crippen LogP contribution in [-0.2, 0) is 9.53 Å². The molecule has 1 fully saturated rings. The Labute approximate surface area is 128 Å². The van der Waals surface area contributed by atoms with E-state index in [9.17, 15) is 14.7 Å².